The van der Waals surface area contributed by atoms with Gasteiger partial charge in [-0.15, -0.1) is 0 Å². The molecule has 3 unspecified atom stereocenters. The number of azo groups is 1. The summed E-state index contributed by atoms with van der Waals surface area (Å²) in [5, 5.41) is 12.7. The van der Waals surface area contributed by atoms with Crippen molar-refractivity contribution in [2.75, 3.05) is 7.11 Å². The number of unbranched alkanes of at least 4 members (excludes halogenated alkanes) is 1. The molecular weight excluding hydrogens is 458 g/mol. The molecule has 2 aromatic carbocycles. The normalized spacial score (nSPS) is 13.9. The van der Waals surface area contributed by atoms with Gasteiger partial charge in [-0.05, 0) is 68.2 Å². The van der Waals surface area contributed by atoms with Gasteiger partial charge in [-0.3, -0.25) is 4.79 Å². The van der Waals surface area contributed by atoms with Crippen LogP contribution in [0.5, 0.6) is 5.75 Å². The number of carbonyl (C=O) groups excluding carboxylic acids is 1. The van der Waals surface area contributed by atoms with E-state index in [9.17, 15) is 4.79 Å². The number of amides is 1. The van der Waals surface area contributed by atoms with Crippen molar-refractivity contribution in [1.82, 2.24) is 5.32 Å². The van der Waals surface area contributed by atoms with E-state index in [1.165, 1.54) is 18.4 Å². The number of benzene rings is 2. The van der Waals surface area contributed by atoms with E-state index >= 15 is 0 Å². The Labute approximate surface area is 225 Å². The van der Waals surface area contributed by atoms with Gasteiger partial charge in [0, 0.05) is 5.56 Å². The first-order valence-electron chi connectivity index (χ1n) is 14.3. The molecule has 0 aliphatic rings. The number of hydrogen-bond donors (Lipinski definition) is 1. The zero-order valence-electron chi connectivity index (χ0n) is 24.5. The number of rotatable bonds is 15. The first kappa shape index (κ1) is 30.5. The Morgan fingerprint density at radius 2 is 1.68 bits per heavy atom. The second-order valence-electron chi connectivity index (χ2n) is 10.3. The smallest absolute Gasteiger partial charge is 0.255 e. The van der Waals surface area contributed by atoms with Crippen LogP contribution in [0.4, 0.5) is 5.69 Å². The molecule has 37 heavy (non-hydrogen) atoms. The van der Waals surface area contributed by atoms with Crippen LogP contribution >= 0.6 is 0 Å². The molecule has 204 valence electrons. The first-order chi connectivity index (χ1) is 17.8. The maximum Gasteiger partial charge on any atom is 0.255 e. The SMILES string of the molecule is CCCCC(C)C(C)N=Nc1cc(C(=O)NC(C)c2ccccc2CCC)c(OC)c(CC)c1CCC. The fourth-order valence-corrected chi connectivity index (χ4v) is 4.98. The molecule has 0 saturated carbocycles. The molecule has 5 nitrogen and oxygen atoms in total. The van der Waals surface area contributed by atoms with Crippen molar-refractivity contribution in [3.05, 3.63) is 58.1 Å². The Balaban J connectivity index is 2.48. The highest BCUT2D eigenvalue weighted by atomic mass is 16.5. The highest BCUT2D eigenvalue weighted by molar-refractivity contribution is 5.99. The lowest BCUT2D eigenvalue weighted by Crippen LogP contribution is -2.28. The summed E-state index contributed by atoms with van der Waals surface area (Å²) in [6, 6.07) is 10.2. The summed E-state index contributed by atoms with van der Waals surface area (Å²) in [5.41, 5.74) is 5.94. The first-order valence-corrected chi connectivity index (χ1v) is 14.3. The van der Waals surface area contributed by atoms with Crippen LogP contribution in [0.2, 0.25) is 0 Å². The van der Waals surface area contributed by atoms with Crippen molar-refractivity contribution in [3.63, 3.8) is 0 Å². The van der Waals surface area contributed by atoms with E-state index in [1.54, 1.807) is 7.11 Å². The largest absolute Gasteiger partial charge is 0.496 e. The Morgan fingerprint density at radius 1 is 0.973 bits per heavy atom. The predicted molar refractivity (Wildman–Crippen MR) is 155 cm³/mol. The molecule has 0 spiro atoms. The van der Waals surface area contributed by atoms with Crippen LogP contribution in [0.15, 0.2) is 40.6 Å². The van der Waals surface area contributed by atoms with Crippen molar-refractivity contribution in [2.24, 2.45) is 16.1 Å². The maximum atomic E-state index is 13.7. The third-order valence-corrected chi connectivity index (χ3v) is 7.35. The van der Waals surface area contributed by atoms with Crippen LogP contribution in [-0.4, -0.2) is 19.1 Å². The van der Waals surface area contributed by atoms with E-state index < -0.39 is 0 Å². The van der Waals surface area contributed by atoms with Crippen molar-refractivity contribution >= 4 is 11.6 Å². The lowest BCUT2D eigenvalue weighted by atomic mass is 9.94. The molecule has 0 saturated heterocycles. The number of hydrogen-bond acceptors (Lipinski definition) is 4. The van der Waals surface area contributed by atoms with Crippen LogP contribution in [0.25, 0.3) is 0 Å². The van der Waals surface area contributed by atoms with Crippen molar-refractivity contribution < 1.29 is 9.53 Å². The molecule has 0 radical (unpaired) electrons. The van der Waals surface area contributed by atoms with Gasteiger partial charge in [-0.25, -0.2) is 0 Å². The van der Waals surface area contributed by atoms with Crippen LogP contribution < -0.4 is 10.1 Å². The number of carbonyl (C=O) groups is 1. The van der Waals surface area contributed by atoms with Gasteiger partial charge in [-0.2, -0.15) is 10.2 Å². The van der Waals surface area contributed by atoms with Crippen LogP contribution in [0, 0.1) is 5.92 Å². The van der Waals surface area contributed by atoms with Crippen LogP contribution in [0.3, 0.4) is 0 Å². The van der Waals surface area contributed by atoms with Crippen molar-refractivity contribution in [2.45, 2.75) is 112 Å². The van der Waals surface area contributed by atoms with E-state index in [0.717, 1.165) is 60.9 Å². The molecule has 2 rings (SSSR count). The van der Waals surface area contributed by atoms with Crippen molar-refractivity contribution in [3.8, 4) is 5.75 Å². The summed E-state index contributed by atoms with van der Waals surface area (Å²) >= 11 is 0. The topological polar surface area (TPSA) is 63.0 Å². The summed E-state index contributed by atoms with van der Waals surface area (Å²) in [6.45, 7) is 15.1. The van der Waals surface area contributed by atoms with Crippen molar-refractivity contribution in [1.29, 1.82) is 0 Å². The molecule has 0 aliphatic carbocycles. The zero-order valence-corrected chi connectivity index (χ0v) is 24.5. The molecular formula is C32H49N3O2. The second kappa shape index (κ2) is 15.5. The minimum Gasteiger partial charge on any atom is -0.496 e. The van der Waals surface area contributed by atoms with Gasteiger partial charge in [-0.1, -0.05) is 84.6 Å². The molecule has 0 bridgehead atoms. The summed E-state index contributed by atoms with van der Waals surface area (Å²) < 4.78 is 5.86. The molecule has 2 aromatic rings. The quantitative estimate of drug-likeness (QED) is 0.245. The molecule has 1 amide bonds. The Bertz CT molecular complexity index is 1030. The van der Waals surface area contributed by atoms with Crippen LogP contribution in [0.1, 0.15) is 119 Å². The van der Waals surface area contributed by atoms with Gasteiger partial charge in [0.25, 0.3) is 5.91 Å². The summed E-state index contributed by atoms with van der Waals surface area (Å²) in [4.78, 5) is 13.7. The number of methoxy groups -OCH3 is 1. The molecule has 5 heteroatoms. The monoisotopic (exact) mass is 507 g/mol. The molecule has 0 fully saturated rings. The summed E-state index contributed by atoms with van der Waals surface area (Å²) in [6.07, 6.45) is 8.21. The van der Waals surface area contributed by atoms with Gasteiger partial charge >= 0.3 is 0 Å². The third kappa shape index (κ3) is 8.15. The molecule has 0 aromatic heterocycles. The minimum absolute atomic E-state index is 0.120. The lowest BCUT2D eigenvalue weighted by Gasteiger charge is -2.22. The standard InChI is InChI=1S/C32H49N3O2/c1-9-13-18-22(5)23(6)34-35-30-21-29(31(37-8)26(12-4)28(30)17-11-3)32(36)33-24(7)27-20-15-14-19-25(27)16-10-2/h14-15,19-24H,9-13,16-18H2,1-8H3,(H,33,36). The predicted octanol–water partition coefficient (Wildman–Crippen LogP) is 8.95. The van der Waals surface area contributed by atoms with Gasteiger partial charge in [0.05, 0.1) is 30.4 Å². The Morgan fingerprint density at radius 3 is 2.30 bits per heavy atom. The highest BCUT2D eigenvalue weighted by Gasteiger charge is 2.24. The second-order valence-corrected chi connectivity index (χ2v) is 10.3. The van der Waals surface area contributed by atoms with Gasteiger partial charge in [0.15, 0.2) is 0 Å². The van der Waals surface area contributed by atoms with E-state index in [1.807, 2.05) is 19.1 Å². The van der Waals surface area contributed by atoms with E-state index in [-0.39, 0.29) is 18.0 Å². The number of ether oxygens (including phenoxy) is 1. The van der Waals surface area contributed by atoms with E-state index in [0.29, 0.717) is 17.2 Å². The zero-order chi connectivity index (χ0) is 27.4. The molecule has 0 heterocycles. The number of nitrogens with one attached hydrogen (secondary N) is 1. The average molecular weight is 508 g/mol. The summed E-state index contributed by atoms with van der Waals surface area (Å²) in [7, 11) is 1.65. The summed E-state index contributed by atoms with van der Waals surface area (Å²) in [5.74, 6) is 0.976. The van der Waals surface area contributed by atoms with Gasteiger partial charge in [0.1, 0.15) is 5.75 Å². The Hall–Kier alpha value is -2.69. The molecule has 1 N–H and O–H groups in total. The van der Waals surface area contributed by atoms with E-state index in [2.05, 4.69) is 65.1 Å². The number of aryl methyl sites for hydroxylation is 1. The molecule has 3 atom stereocenters. The fraction of sp³-hybridized carbons (Fsp3) is 0.594. The number of nitrogens with zero attached hydrogens (tertiary/aromatic N) is 2. The lowest BCUT2D eigenvalue weighted by molar-refractivity contribution is 0.0936. The minimum atomic E-state index is -0.144. The third-order valence-electron chi connectivity index (χ3n) is 7.35. The van der Waals surface area contributed by atoms with Gasteiger partial charge < -0.3 is 10.1 Å². The fourth-order valence-electron chi connectivity index (χ4n) is 4.98. The van der Waals surface area contributed by atoms with Crippen LogP contribution in [-0.2, 0) is 19.3 Å². The maximum absolute atomic E-state index is 13.7. The Kier molecular flexibility index (Phi) is 12.8. The van der Waals surface area contributed by atoms with E-state index in [4.69, 9.17) is 15.0 Å². The average Bonchev–Trinajstić information content (AvgIpc) is 2.90. The van der Waals surface area contributed by atoms with Gasteiger partial charge in [0.2, 0.25) is 0 Å². The molecule has 0 aliphatic heterocycles. The highest BCUT2D eigenvalue weighted by Crippen LogP contribution is 2.37.